The molecule has 17 heavy (non-hydrogen) atoms. The molecule has 0 unspecified atom stereocenters. The fraction of sp³-hybridized carbons (Fsp3) is 0.143. The van der Waals surface area contributed by atoms with Gasteiger partial charge in [-0.05, 0) is 48.0 Å². The standard InChI is InChI=1S/C14H13BrClN/c1-17-9-12-8-11(4-7-14(12)16)10-2-5-13(15)6-3-10/h2-8,17H,9H2,1H3. The van der Waals surface area contributed by atoms with E-state index in [1.165, 1.54) is 11.1 Å². The van der Waals surface area contributed by atoms with E-state index < -0.39 is 0 Å². The highest BCUT2D eigenvalue weighted by atomic mass is 79.9. The van der Waals surface area contributed by atoms with Crippen LogP contribution in [0.3, 0.4) is 0 Å². The lowest BCUT2D eigenvalue weighted by Crippen LogP contribution is -2.05. The number of benzene rings is 2. The van der Waals surface area contributed by atoms with Gasteiger partial charge in [-0.15, -0.1) is 0 Å². The average molecular weight is 311 g/mol. The molecule has 0 aromatic heterocycles. The Morgan fingerprint density at radius 1 is 1.06 bits per heavy atom. The molecule has 0 spiro atoms. The van der Waals surface area contributed by atoms with Crippen LogP contribution in [-0.4, -0.2) is 7.05 Å². The Morgan fingerprint density at radius 3 is 2.35 bits per heavy atom. The molecule has 1 nitrogen and oxygen atoms in total. The number of hydrogen-bond acceptors (Lipinski definition) is 1. The summed E-state index contributed by atoms with van der Waals surface area (Å²) in [6.07, 6.45) is 0. The summed E-state index contributed by atoms with van der Waals surface area (Å²) in [4.78, 5) is 0. The van der Waals surface area contributed by atoms with Gasteiger partial charge in [0.15, 0.2) is 0 Å². The van der Waals surface area contributed by atoms with Gasteiger partial charge in [-0.1, -0.05) is 45.7 Å². The molecule has 0 radical (unpaired) electrons. The van der Waals surface area contributed by atoms with E-state index in [9.17, 15) is 0 Å². The minimum atomic E-state index is 0.781. The molecular formula is C14H13BrClN. The summed E-state index contributed by atoms with van der Waals surface area (Å²) in [6, 6.07) is 14.4. The normalized spacial score (nSPS) is 10.5. The fourth-order valence-electron chi connectivity index (χ4n) is 1.72. The zero-order valence-electron chi connectivity index (χ0n) is 9.50. The lowest BCUT2D eigenvalue weighted by Gasteiger charge is -2.07. The van der Waals surface area contributed by atoms with Gasteiger partial charge in [-0.25, -0.2) is 0 Å². The van der Waals surface area contributed by atoms with Crippen molar-refractivity contribution in [3.8, 4) is 11.1 Å². The number of nitrogens with one attached hydrogen (secondary N) is 1. The lowest BCUT2D eigenvalue weighted by atomic mass is 10.0. The molecule has 0 bridgehead atoms. The third-order valence-corrected chi connectivity index (χ3v) is 3.49. The first-order valence-corrected chi connectivity index (χ1v) is 6.57. The van der Waals surface area contributed by atoms with Crippen LogP contribution in [0.15, 0.2) is 46.9 Å². The predicted octanol–water partition coefficient (Wildman–Crippen LogP) is 4.49. The topological polar surface area (TPSA) is 12.0 Å². The van der Waals surface area contributed by atoms with Crippen molar-refractivity contribution in [2.75, 3.05) is 7.05 Å². The third kappa shape index (κ3) is 3.09. The summed E-state index contributed by atoms with van der Waals surface area (Å²) in [5, 5.41) is 3.93. The maximum absolute atomic E-state index is 6.14. The van der Waals surface area contributed by atoms with E-state index in [0.29, 0.717) is 0 Å². The van der Waals surface area contributed by atoms with Crippen molar-refractivity contribution in [1.29, 1.82) is 0 Å². The van der Waals surface area contributed by atoms with Crippen LogP contribution >= 0.6 is 27.5 Å². The first-order chi connectivity index (χ1) is 8.20. The van der Waals surface area contributed by atoms with E-state index in [1.807, 2.05) is 31.3 Å². The predicted molar refractivity (Wildman–Crippen MR) is 77.4 cm³/mol. The molecule has 0 aliphatic heterocycles. The van der Waals surface area contributed by atoms with Crippen LogP contribution in [0.4, 0.5) is 0 Å². The van der Waals surface area contributed by atoms with Crippen molar-refractivity contribution in [2.45, 2.75) is 6.54 Å². The van der Waals surface area contributed by atoms with Crippen molar-refractivity contribution in [3.63, 3.8) is 0 Å². The van der Waals surface area contributed by atoms with Crippen LogP contribution in [0.1, 0.15) is 5.56 Å². The molecule has 0 saturated carbocycles. The van der Waals surface area contributed by atoms with E-state index in [0.717, 1.165) is 21.6 Å². The fourth-order valence-corrected chi connectivity index (χ4v) is 2.17. The second kappa shape index (κ2) is 5.67. The smallest absolute Gasteiger partial charge is 0.0451 e. The maximum atomic E-state index is 6.14. The molecular weight excluding hydrogens is 298 g/mol. The number of rotatable bonds is 3. The Balaban J connectivity index is 2.39. The molecule has 0 amide bonds. The SMILES string of the molecule is CNCc1cc(-c2ccc(Br)cc2)ccc1Cl. The number of halogens is 2. The van der Waals surface area contributed by atoms with Crippen molar-refractivity contribution in [1.82, 2.24) is 5.32 Å². The molecule has 0 atom stereocenters. The first kappa shape index (κ1) is 12.6. The van der Waals surface area contributed by atoms with Crippen LogP contribution in [0.5, 0.6) is 0 Å². The highest BCUT2D eigenvalue weighted by molar-refractivity contribution is 9.10. The van der Waals surface area contributed by atoms with Crippen LogP contribution < -0.4 is 5.32 Å². The Hall–Kier alpha value is -0.830. The Morgan fingerprint density at radius 2 is 1.71 bits per heavy atom. The van der Waals surface area contributed by atoms with Crippen molar-refractivity contribution >= 4 is 27.5 Å². The molecule has 88 valence electrons. The van der Waals surface area contributed by atoms with E-state index in [-0.39, 0.29) is 0 Å². The van der Waals surface area contributed by atoms with Gasteiger partial charge >= 0.3 is 0 Å². The summed E-state index contributed by atoms with van der Waals surface area (Å²) in [5.41, 5.74) is 3.50. The highest BCUT2D eigenvalue weighted by Gasteiger charge is 2.03. The van der Waals surface area contributed by atoms with Gasteiger partial charge in [0.25, 0.3) is 0 Å². The van der Waals surface area contributed by atoms with Gasteiger partial charge in [0.1, 0.15) is 0 Å². The summed E-state index contributed by atoms with van der Waals surface area (Å²) in [7, 11) is 1.92. The molecule has 0 heterocycles. The second-order valence-corrected chi connectivity index (χ2v) is 5.17. The van der Waals surface area contributed by atoms with Crippen LogP contribution in [0.2, 0.25) is 5.02 Å². The second-order valence-electron chi connectivity index (χ2n) is 3.84. The largest absolute Gasteiger partial charge is 0.316 e. The maximum Gasteiger partial charge on any atom is 0.0451 e. The van der Waals surface area contributed by atoms with E-state index in [1.54, 1.807) is 0 Å². The molecule has 2 aromatic carbocycles. The first-order valence-electron chi connectivity index (χ1n) is 5.39. The zero-order valence-corrected chi connectivity index (χ0v) is 11.8. The molecule has 0 aliphatic rings. The molecule has 1 N–H and O–H groups in total. The lowest BCUT2D eigenvalue weighted by molar-refractivity contribution is 0.818. The monoisotopic (exact) mass is 309 g/mol. The molecule has 0 saturated heterocycles. The van der Waals surface area contributed by atoms with E-state index >= 15 is 0 Å². The zero-order chi connectivity index (χ0) is 12.3. The summed E-state index contributed by atoms with van der Waals surface area (Å²) in [5.74, 6) is 0. The van der Waals surface area contributed by atoms with Crippen LogP contribution in [-0.2, 0) is 6.54 Å². The molecule has 0 aliphatic carbocycles. The van der Waals surface area contributed by atoms with Crippen molar-refractivity contribution in [3.05, 3.63) is 57.5 Å². The van der Waals surface area contributed by atoms with Gasteiger partial charge in [0, 0.05) is 16.0 Å². The average Bonchev–Trinajstić information content (AvgIpc) is 2.33. The molecule has 0 fully saturated rings. The van der Waals surface area contributed by atoms with Gasteiger partial charge in [-0.2, -0.15) is 0 Å². The minimum Gasteiger partial charge on any atom is -0.316 e. The van der Waals surface area contributed by atoms with Gasteiger partial charge in [-0.3, -0.25) is 0 Å². The highest BCUT2D eigenvalue weighted by Crippen LogP contribution is 2.26. The van der Waals surface area contributed by atoms with Gasteiger partial charge < -0.3 is 5.32 Å². The van der Waals surface area contributed by atoms with Crippen LogP contribution in [0.25, 0.3) is 11.1 Å². The molecule has 2 aromatic rings. The van der Waals surface area contributed by atoms with E-state index in [2.05, 4.69) is 39.4 Å². The summed E-state index contributed by atoms with van der Waals surface area (Å²) < 4.78 is 1.09. The summed E-state index contributed by atoms with van der Waals surface area (Å²) >= 11 is 9.58. The molecule has 3 heteroatoms. The van der Waals surface area contributed by atoms with E-state index in [4.69, 9.17) is 11.6 Å². The van der Waals surface area contributed by atoms with Crippen molar-refractivity contribution in [2.24, 2.45) is 0 Å². The number of hydrogen-bond donors (Lipinski definition) is 1. The Labute approximate surface area is 115 Å². The van der Waals surface area contributed by atoms with Gasteiger partial charge in [0.2, 0.25) is 0 Å². The quantitative estimate of drug-likeness (QED) is 0.881. The third-order valence-electron chi connectivity index (χ3n) is 2.59. The van der Waals surface area contributed by atoms with Gasteiger partial charge in [0.05, 0.1) is 0 Å². The van der Waals surface area contributed by atoms with Crippen molar-refractivity contribution < 1.29 is 0 Å². The Bertz CT molecular complexity index is 508. The summed E-state index contributed by atoms with van der Waals surface area (Å²) in [6.45, 7) is 0.781. The van der Waals surface area contributed by atoms with Crippen LogP contribution in [0, 0.1) is 0 Å². The Kier molecular flexibility index (Phi) is 4.21. The molecule has 2 rings (SSSR count). The minimum absolute atomic E-state index is 0.781.